The van der Waals surface area contributed by atoms with Gasteiger partial charge in [0.1, 0.15) is 0 Å². The molecule has 3 aromatic rings. The largest absolute Gasteiger partial charge is 0.416 e. The van der Waals surface area contributed by atoms with Crippen molar-refractivity contribution in [2.45, 2.75) is 44.0 Å². The zero-order chi connectivity index (χ0) is 19.0. The summed E-state index contributed by atoms with van der Waals surface area (Å²) in [7, 11) is 0. The van der Waals surface area contributed by atoms with E-state index in [0.29, 0.717) is 17.4 Å². The standard InChI is InChI=1S/C22H22F3NO/c23-22(24,25)15-8-9-18-17-7-2-1-5-14(17)11-20(19(18)12-15)21(27)13-16-6-3-4-10-26-16/h1-2,5,7-9,11-12,16,21,26-27H,3-4,6,10,13H2. The third-order valence-electron chi connectivity index (χ3n) is 5.50. The van der Waals surface area contributed by atoms with E-state index < -0.39 is 17.8 Å². The van der Waals surface area contributed by atoms with Crippen LogP contribution >= 0.6 is 0 Å². The number of fused-ring (bicyclic) bond motifs is 3. The number of nitrogens with one attached hydrogen (secondary N) is 1. The minimum atomic E-state index is -4.41. The fourth-order valence-electron chi connectivity index (χ4n) is 4.11. The van der Waals surface area contributed by atoms with Gasteiger partial charge in [-0.2, -0.15) is 13.2 Å². The van der Waals surface area contributed by atoms with Gasteiger partial charge in [0.15, 0.2) is 0 Å². The van der Waals surface area contributed by atoms with E-state index in [-0.39, 0.29) is 6.04 Å². The van der Waals surface area contributed by atoms with Gasteiger partial charge in [-0.3, -0.25) is 0 Å². The Balaban J connectivity index is 1.84. The summed E-state index contributed by atoms with van der Waals surface area (Å²) in [6, 6.07) is 13.5. The second kappa shape index (κ2) is 7.13. The van der Waals surface area contributed by atoms with E-state index in [9.17, 15) is 18.3 Å². The van der Waals surface area contributed by atoms with Gasteiger partial charge in [0, 0.05) is 6.04 Å². The highest BCUT2D eigenvalue weighted by atomic mass is 19.4. The van der Waals surface area contributed by atoms with Crippen molar-refractivity contribution in [1.29, 1.82) is 0 Å². The van der Waals surface area contributed by atoms with E-state index in [4.69, 9.17) is 0 Å². The van der Waals surface area contributed by atoms with Crippen LogP contribution in [0.1, 0.15) is 42.9 Å². The van der Waals surface area contributed by atoms with E-state index >= 15 is 0 Å². The Labute approximate surface area is 156 Å². The predicted octanol–water partition coefficient (Wildman–Crippen LogP) is 5.58. The molecule has 0 amide bonds. The average Bonchev–Trinajstić information content (AvgIpc) is 2.67. The van der Waals surface area contributed by atoms with Crippen LogP contribution in [0.4, 0.5) is 13.2 Å². The van der Waals surface area contributed by atoms with Gasteiger partial charge < -0.3 is 10.4 Å². The zero-order valence-corrected chi connectivity index (χ0v) is 14.9. The summed E-state index contributed by atoms with van der Waals surface area (Å²) in [4.78, 5) is 0. The second-order valence-electron chi connectivity index (χ2n) is 7.34. The van der Waals surface area contributed by atoms with E-state index in [1.165, 1.54) is 12.1 Å². The molecule has 0 spiro atoms. The van der Waals surface area contributed by atoms with Crippen LogP contribution in [0.2, 0.25) is 0 Å². The molecule has 142 valence electrons. The lowest BCUT2D eigenvalue weighted by Crippen LogP contribution is -2.35. The first-order valence-corrected chi connectivity index (χ1v) is 9.37. The predicted molar refractivity (Wildman–Crippen MR) is 102 cm³/mol. The molecule has 3 aromatic carbocycles. The molecule has 0 radical (unpaired) electrons. The first-order chi connectivity index (χ1) is 12.9. The lowest BCUT2D eigenvalue weighted by molar-refractivity contribution is -0.137. The van der Waals surface area contributed by atoms with Gasteiger partial charge in [0.05, 0.1) is 11.7 Å². The van der Waals surface area contributed by atoms with Gasteiger partial charge in [-0.25, -0.2) is 0 Å². The maximum Gasteiger partial charge on any atom is 0.416 e. The number of aliphatic hydroxyl groups excluding tert-OH is 1. The van der Waals surface area contributed by atoms with E-state index in [1.54, 1.807) is 0 Å². The smallest absolute Gasteiger partial charge is 0.388 e. The van der Waals surface area contributed by atoms with Crippen LogP contribution in [-0.2, 0) is 6.18 Å². The average molecular weight is 373 g/mol. The van der Waals surface area contributed by atoms with Crippen LogP contribution in [0, 0.1) is 0 Å². The van der Waals surface area contributed by atoms with E-state index in [0.717, 1.165) is 48.0 Å². The van der Waals surface area contributed by atoms with Crippen molar-refractivity contribution in [3.05, 3.63) is 59.7 Å². The molecule has 1 saturated heterocycles. The Kier molecular flexibility index (Phi) is 4.82. The summed E-state index contributed by atoms with van der Waals surface area (Å²) in [5.74, 6) is 0. The second-order valence-corrected chi connectivity index (χ2v) is 7.34. The molecule has 0 aliphatic carbocycles. The van der Waals surface area contributed by atoms with E-state index in [2.05, 4.69) is 5.32 Å². The fraction of sp³-hybridized carbons (Fsp3) is 0.364. The normalized spacial score (nSPS) is 19.5. The Morgan fingerprint density at radius 2 is 1.81 bits per heavy atom. The van der Waals surface area contributed by atoms with Crippen LogP contribution in [0.5, 0.6) is 0 Å². The van der Waals surface area contributed by atoms with Gasteiger partial charge in [-0.1, -0.05) is 36.8 Å². The van der Waals surface area contributed by atoms with Crippen molar-refractivity contribution in [3.8, 4) is 0 Å². The summed E-state index contributed by atoms with van der Waals surface area (Å²) in [6.45, 7) is 0.925. The van der Waals surface area contributed by atoms with Gasteiger partial charge in [-0.05, 0) is 71.1 Å². The lowest BCUT2D eigenvalue weighted by atomic mass is 9.89. The summed E-state index contributed by atoms with van der Waals surface area (Å²) in [5.41, 5.74) is -0.114. The minimum absolute atomic E-state index is 0.195. The monoisotopic (exact) mass is 373 g/mol. The summed E-state index contributed by atoms with van der Waals surface area (Å²) in [5, 5.41) is 17.3. The van der Waals surface area contributed by atoms with Crippen molar-refractivity contribution in [2.24, 2.45) is 0 Å². The molecule has 27 heavy (non-hydrogen) atoms. The van der Waals surface area contributed by atoms with E-state index in [1.807, 2.05) is 30.3 Å². The molecule has 4 rings (SSSR count). The maximum absolute atomic E-state index is 13.3. The first-order valence-electron chi connectivity index (χ1n) is 9.37. The molecule has 1 heterocycles. The Hall–Kier alpha value is -2.11. The number of halogens is 3. The highest BCUT2D eigenvalue weighted by molar-refractivity contribution is 6.09. The van der Waals surface area contributed by atoms with Crippen LogP contribution in [0.25, 0.3) is 21.5 Å². The van der Waals surface area contributed by atoms with Crippen molar-refractivity contribution in [1.82, 2.24) is 5.32 Å². The van der Waals surface area contributed by atoms with Crippen LogP contribution < -0.4 is 5.32 Å². The maximum atomic E-state index is 13.3. The molecule has 1 aliphatic heterocycles. The fourth-order valence-corrected chi connectivity index (χ4v) is 4.11. The Morgan fingerprint density at radius 1 is 1.00 bits per heavy atom. The minimum Gasteiger partial charge on any atom is -0.388 e. The molecule has 2 N–H and O–H groups in total. The quantitative estimate of drug-likeness (QED) is 0.588. The third kappa shape index (κ3) is 3.66. The molecule has 2 unspecified atom stereocenters. The number of alkyl halides is 3. The number of hydrogen-bond donors (Lipinski definition) is 2. The molecule has 0 aromatic heterocycles. The Bertz CT molecular complexity index is 961. The van der Waals surface area contributed by atoms with Crippen LogP contribution in [0.3, 0.4) is 0 Å². The SMILES string of the molecule is OC(CC1CCCCN1)c1cc2ccccc2c2ccc(C(F)(F)F)cc12. The molecule has 2 nitrogen and oxygen atoms in total. The van der Waals surface area contributed by atoms with Gasteiger partial charge in [-0.15, -0.1) is 0 Å². The first kappa shape index (κ1) is 18.3. The number of aliphatic hydroxyl groups is 1. The molecule has 0 saturated carbocycles. The number of rotatable bonds is 3. The number of hydrogen-bond acceptors (Lipinski definition) is 2. The molecule has 2 atom stereocenters. The molecule has 1 fully saturated rings. The molecular formula is C22H22F3NO. The summed E-state index contributed by atoms with van der Waals surface area (Å²) >= 11 is 0. The highest BCUT2D eigenvalue weighted by Gasteiger charge is 2.31. The lowest BCUT2D eigenvalue weighted by Gasteiger charge is -2.26. The van der Waals surface area contributed by atoms with Gasteiger partial charge in [0.2, 0.25) is 0 Å². The van der Waals surface area contributed by atoms with Crippen molar-refractivity contribution < 1.29 is 18.3 Å². The topological polar surface area (TPSA) is 32.3 Å². The third-order valence-corrected chi connectivity index (χ3v) is 5.50. The Morgan fingerprint density at radius 3 is 2.56 bits per heavy atom. The highest BCUT2D eigenvalue weighted by Crippen LogP contribution is 2.38. The molecule has 0 bridgehead atoms. The molecule has 1 aliphatic rings. The molecular weight excluding hydrogens is 351 g/mol. The van der Waals surface area contributed by atoms with Gasteiger partial charge in [0.25, 0.3) is 0 Å². The summed E-state index contributed by atoms with van der Waals surface area (Å²) in [6.07, 6.45) is -1.50. The molecule has 5 heteroatoms. The number of benzene rings is 3. The number of piperidine rings is 1. The van der Waals surface area contributed by atoms with Crippen molar-refractivity contribution in [2.75, 3.05) is 6.54 Å². The zero-order valence-electron chi connectivity index (χ0n) is 14.9. The van der Waals surface area contributed by atoms with Crippen LogP contribution in [0.15, 0.2) is 48.5 Å². The van der Waals surface area contributed by atoms with Crippen LogP contribution in [-0.4, -0.2) is 17.7 Å². The summed E-state index contributed by atoms with van der Waals surface area (Å²) < 4.78 is 39.8. The van der Waals surface area contributed by atoms with Crippen molar-refractivity contribution >= 4 is 21.5 Å². The van der Waals surface area contributed by atoms with Crippen molar-refractivity contribution in [3.63, 3.8) is 0 Å². The van der Waals surface area contributed by atoms with Gasteiger partial charge >= 0.3 is 6.18 Å².